The van der Waals surface area contributed by atoms with Gasteiger partial charge in [-0.1, -0.05) is 54.1 Å². The lowest BCUT2D eigenvalue weighted by atomic mass is 10.1. The van der Waals surface area contributed by atoms with Crippen LogP contribution in [0.15, 0.2) is 72.8 Å². The molecule has 0 aliphatic carbocycles. The molecular formula is C22H24N2O2. The topological polar surface area (TPSA) is 42.5 Å². The first-order chi connectivity index (χ1) is 12.7. The third-order valence-corrected chi connectivity index (χ3v) is 4.00. The molecule has 0 heterocycles. The van der Waals surface area contributed by atoms with Crippen molar-refractivity contribution < 1.29 is 9.47 Å². The third kappa shape index (κ3) is 5.01. The van der Waals surface area contributed by atoms with E-state index in [9.17, 15) is 0 Å². The summed E-state index contributed by atoms with van der Waals surface area (Å²) in [4.78, 5) is 0. The van der Waals surface area contributed by atoms with Crippen LogP contribution in [-0.4, -0.2) is 7.11 Å². The predicted molar refractivity (Wildman–Crippen MR) is 105 cm³/mol. The van der Waals surface area contributed by atoms with Crippen LogP contribution in [0.4, 0.5) is 5.69 Å². The van der Waals surface area contributed by atoms with E-state index in [1.807, 2.05) is 54.6 Å². The maximum Gasteiger partial charge on any atom is 0.161 e. The maximum atomic E-state index is 5.94. The van der Waals surface area contributed by atoms with Crippen LogP contribution in [0.3, 0.4) is 0 Å². The van der Waals surface area contributed by atoms with Gasteiger partial charge in [-0.3, -0.25) is 0 Å². The number of hydrazine groups is 1. The van der Waals surface area contributed by atoms with Crippen molar-refractivity contribution >= 4 is 5.69 Å². The SMILES string of the molecule is COc1cc(CNNc2ccccc2)ccc1OCc1cccc(C)c1. The molecule has 0 saturated carbocycles. The van der Waals surface area contributed by atoms with Gasteiger partial charge < -0.3 is 14.9 Å². The van der Waals surface area contributed by atoms with Gasteiger partial charge in [-0.05, 0) is 42.3 Å². The monoisotopic (exact) mass is 348 g/mol. The molecule has 3 aromatic carbocycles. The Morgan fingerprint density at radius 2 is 1.65 bits per heavy atom. The summed E-state index contributed by atoms with van der Waals surface area (Å²) in [7, 11) is 1.66. The van der Waals surface area contributed by atoms with Gasteiger partial charge in [0.05, 0.1) is 7.11 Å². The van der Waals surface area contributed by atoms with E-state index < -0.39 is 0 Å². The Hall–Kier alpha value is -2.98. The highest BCUT2D eigenvalue weighted by atomic mass is 16.5. The van der Waals surface area contributed by atoms with Gasteiger partial charge in [0.15, 0.2) is 11.5 Å². The van der Waals surface area contributed by atoms with Gasteiger partial charge in [-0.2, -0.15) is 0 Å². The highest BCUT2D eigenvalue weighted by molar-refractivity contribution is 5.44. The summed E-state index contributed by atoms with van der Waals surface area (Å²) in [6.07, 6.45) is 0. The van der Waals surface area contributed by atoms with Gasteiger partial charge in [0.1, 0.15) is 6.61 Å². The second-order valence-corrected chi connectivity index (χ2v) is 6.11. The minimum absolute atomic E-state index is 0.519. The highest BCUT2D eigenvalue weighted by Crippen LogP contribution is 2.29. The largest absolute Gasteiger partial charge is 0.493 e. The molecule has 3 rings (SSSR count). The molecule has 2 N–H and O–H groups in total. The molecule has 0 aliphatic rings. The summed E-state index contributed by atoms with van der Waals surface area (Å²) < 4.78 is 11.4. The highest BCUT2D eigenvalue weighted by Gasteiger charge is 2.06. The number of hydrogen-bond acceptors (Lipinski definition) is 4. The van der Waals surface area contributed by atoms with Gasteiger partial charge in [-0.25, -0.2) is 5.43 Å². The number of anilines is 1. The van der Waals surface area contributed by atoms with Crippen molar-refractivity contribution in [2.24, 2.45) is 0 Å². The van der Waals surface area contributed by atoms with E-state index in [-0.39, 0.29) is 0 Å². The van der Waals surface area contributed by atoms with E-state index in [1.54, 1.807) is 7.11 Å². The summed E-state index contributed by atoms with van der Waals surface area (Å²) in [5, 5.41) is 0. The number of methoxy groups -OCH3 is 1. The Labute approximate surface area is 154 Å². The standard InChI is InChI=1S/C22H24N2O2/c1-17-7-6-8-19(13-17)16-26-21-12-11-18(14-22(21)25-2)15-23-24-20-9-4-3-5-10-20/h3-14,23-24H,15-16H2,1-2H3. The zero-order chi connectivity index (χ0) is 18.2. The Bertz CT molecular complexity index is 835. The van der Waals surface area contributed by atoms with Crippen LogP contribution in [0.25, 0.3) is 0 Å². The summed E-state index contributed by atoms with van der Waals surface area (Å²) in [6.45, 7) is 3.27. The van der Waals surface area contributed by atoms with Crippen molar-refractivity contribution in [3.63, 3.8) is 0 Å². The summed E-state index contributed by atoms with van der Waals surface area (Å²) in [6, 6.07) is 24.3. The normalized spacial score (nSPS) is 10.4. The van der Waals surface area contributed by atoms with Crippen LogP contribution < -0.4 is 20.3 Å². The van der Waals surface area contributed by atoms with E-state index in [0.717, 1.165) is 28.3 Å². The van der Waals surface area contributed by atoms with Gasteiger partial charge >= 0.3 is 0 Å². The smallest absolute Gasteiger partial charge is 0.161 e. The zero-order valence-electron chi connectivity index (χ0n) is 15.2. The molecule has 0 radical (unpaired) electrons. The van der Waals surface area contributed by atoms with Crippen molar-refractivity contribution in [3.8, 4) is 11.5 Å². The molecule has 3 aromatic rings. The molecule has 0 atom stereocenters. The fourth-order valence-electron chi connectivity index (χ4n) is 2.67. The second-order valence-electron chi connectivity index (χ2n) is 6.11. The molecule has 26 heavy (non-hydrogen) atoms. The van der Waals surface area contributed by atoms with Gasteiger partial charge in [0.2, 0.25) is 0 Å². The predicted octanol–water partition coefficient (Wildman–Crippen LogP) is 4.70. The molecule has 0 saturated heterocycles. The first kappa shape index (κ1) is 17.8. The van der Waals surface area contributed by atoms with Gasteiger partial charge in [0, 0.05) is 12.2 Å². The van der Waals surface area contributed by atoms with Gasteiger partial charge in [-0.15, -0.1) is 0 Å². The third-order valence-electron chi connectivity index (χ3n) is 4.00. The summed E-state index contributed by atoms with van der Waals surface area (Å²) in [5.41, 5.74) is 10.9. The lowest BCUT2D eigenvalue weighted by molar-refractivity contribution is 0.284. The van der Waals surface area contributed by atoms with Crippen molar-refractivity contribution in [2.75, 3.05) is 12.5 Å². The number of benzene rings is 3. The van der Waals surface area contributed by atoms with Crippen LogP contribution in [-0.2, 0) is 13.2 Å². The lowest BCUT2D eigenvalue weighted by Crippen LogP contribution is -2.20. The van der Waals surface area contributed by atoms with Crippen molar-refractivity contribution in [1.29, 1.82) is 0 Å². The average molecular weight is 348 g/mol. The molecule has 0 bridgehead atoms. The number of hydrogen-bond donors (Lipinski definition) is 2. The van der Waals surface area contributed by atoms with Crippen molar-refractivity contribution in [2.45, 2.75) is 20.1 Å². The first-order valence-corrected chi connectivity index (χ1v) is 8.64. The first-order valence-electron chi connectivity index (χ1n) is 8.64. The number of ether oxygens (including phenoxy) is 2. The van der Waals surface area contributed by atoms with Gasteiger partial charge in [0.25, 0.3) is 0 Å². The fraction of sp³-hybridized carbons (Fsp3) is 0.182. The minimum Gasteiger partial charge on any atom is -0.493 e. The molecule has 4 nitrogen and oxygen atoms in total. The van der Waals surface area contributed by atoms with E-state index in [2.05, 4.69) is 36.0 Å². The lowest BCUT2D eigenvalue weighted by Gasteiger charge is -2.13. The molecule has 0 amide bonds. The van der Waals surface area contributed by atoms with E-state index in [0.29, 0.717) is 13.2 Å². The second kappa shape index (κ2) is 8.92. The Kier molecular flexibility index (Phi) is 6.12. The Morgan fingerprint density at radius 3 is 2.42 bits per heavy atom. The minimum atomic E-state index is 0.519. The molecule has 134 valence electrons. The van der Waals surface area contributed by atoms with Crippen molar-refractivity contribution in [1.82, 2.24) is 5.43 Å². The quantitative estimate of drug-likeness (QED) is 0.579. The van der Waals surface area contributed by atoms with Crippen LogP contribution >= 0.6 is 0 Å². The van der Waals surface area contributed by atoms with Crippen LogP contribution in [0.2, 0.25) is 0 Å². The molecular weight excluding hydrogens is 324 g/mol. The Balaban J connectivity index is 1.58. The number of aryl methyl sites for hydroxylation is 1. The molecule has 0 aromatic heterocycles. The summed E-state index contributed by atoms with van der Waals surface area (Å²) >= 11 is 0. The van der Waals surface area contributed by atoms with Crippen molar-refractivity contribution in [3.05, 3.63) is 89.5 Å². The number of para-hydroxylation sites is 1. The van der Waals surface area contributed by atoms with E-state index in [4.69, 9.17) is 9.47 Å². The number of nitrogens with one attached hydrogen (secondary N) is 2. The zero-order valence-corrected chi connectivity index (χ0v) is 15.2. The summed E-state index contributed by atoms with van der Waals surface area (Å²) in [5.74, 6) is 1.48. The van der Waals surface area contributed by atoms with Crippen LogP contribution in [0, 0.1) is 6.92 Å². The number of rotatable bonds is 8. The molecule has 0 fully saturated rings. The molecule has 4 heteroatoms. The van der Waals surface area contributed by atoms with E-state index in [1.165, 1.54) is 5.56 Å². The van der Waals surface area contributed by atoms with Crippen LogP contribution in [0.1, 0.15) is 16.7 Å². The molecule has 0 unspecified atom stereocenters. The maximum absolute atomic E-state index is 5.94. The molecule has 0 spiro atoms. The fourth-order valence-corrected chi connectivity index (χ4v) is 2.67. The Morgan fingerprint density at radius 1 is 0.808 bits per heavy atom. The van der Waals surface area contributed by atoms with Crippen LogP contribution in [0.5, 0.6) is 11.5 Å². The van der Waals surface area contributed by atoms with E-state index >= 15 is 0 Å². The molecule has 0 aliphatic heterocycles. The average Bonchev–Trinajstić information content (AvgIpc) is 2.67.